The van der Waals surface area contributed by atoms with Crippen LogP contribution in [0, 0.1) is 17.7 Å². The van der Waals surface area contributed by atoms with Crippen LogP contribution >= 0.6 is 0 Å². The van der Waals surface area contributed by atoms with Crippen LogP contribution in [0.1, 0.15) is 37.6 Å². The molecule has 0 amide bonds. The molecule has 1 aromatic heterocycles. The first-order chi connectivity index (χ1) is 9.01. The molecule has 0 aliphatic carbocycles. The lowest BCUT2D eigenvalue weighted by Crippen LogP contribution is -2.26. The third-order valence-corrected chi connectivity index (χ3v) is 2.81. The first-order valence-electron chi connectivity index (χ1n) is 6.52. The Kier molecular flexibility index (Phi) is 5.89. The predicted octanol–water partition coefficient (Wildman–Crippen LogP) is 2.42. The molecule has 5 heteroatoms. The minimum Gasteiger partial charge on any atom is -0.476 e. The van der Waals surface area contributed by atoms with E-state index in [1.165, 1.54) is 12.3 Å². The normalized spacial score (nSPS) is 12.5. The molecule has 0 aliphatic heterocycles. The monoisotopic (exact) mass is 268 g/mol. The Labute approximate surface area is 113 Å². The highest BCUT2D eigenvalue weighted by Crippen LogP contribution is 2.22. The third-order valence-electron chi connectivity index (χ3n) is 2.81. The van der Waals surface area contributed by atoms with Gasteiger partial charge in [-0.05, 0) is 25.3 Å². The Morgan fingerprint density at radius 2 is 2.21 bits per heavy atom. The maximum atomic E-state index is 14.1. The molecule has 0 radical (unpaired) electrons. The molecule has 106 valence electrons. The lowest BCUT2D eigenvalue weighted by Gasteiger charge is -2.16. The summed E-state index contributed by atoms with van der Waals surface area (Å²) in [6.07, 6.45) is 2.02. The molecule has 0 aliphatic rings. The van der Waals surface area contributed by atoms with Crippen molar-refractivity contribution < 1.29 is 13.9 Å². The number of carbonyl (C=O) groups excluding carboxylic acids is 1. The number of nitrogens with two attached hydrogens (primary N) is 1. The van der Waals surface area contributed by atoms with E-state index in [9.17, 15) is 9.18 Å². The van der Waals surface area contributed by atoms with Gasteiger partial charge in [-0.25, -0.2) is 9.37 Å². The van der Waals surface area contributed by atoms with Gasteiger partial charge in [0.25, 0.3) is 5.88 Å². The number of Topliss-reactive ketones (excluding diaryl/α,β-unsaturated/α-hetero) is 1. The number of halogens is 1. The van der Waals surface area contributed by atoms with E-state index in [-0.39, 0.29) is 29.7 Å². The molecule has 1 unspecified atom stereocenters. The van der Waals surface area contributed by atoms with Crippen LogP contribution in [-0.2, 0) is 0 Å². The van der Waals surface area contributed by atoms with Crippen LogP contribution in [0.4, 0.5) is 4.39 Å². The fourth-order valence-corrected chi connectivity index (χ4v) is 1.95. The maximum Gasteiger partial charge on any atom is 0.251 e. The average Bonchev–Trinajstić information content (AvgIpc) is 2.37. The average molecular weight is 268 g/mol. The van der Waals surface area contributed by atoms with Gasteiger partial charge >= 0.3 is 0 Å². The lowest BCUT2D eigenvalue weighted by atomic mass is 9.90. The Hall–Kier alpha value is -1.49. The fourth-order valence-electron chi connectivity index (χ4n) is 1.95. The van der Waals surface area contributed by atoms with E-state index in [0.717, 1.165) is 0 Å². The summed E-state index contributed by atoms with van der Waals surface area (Å²) in [5.41, 5.74) is 5.62. The van der Waals surface area contributed by atoms with Crippen molar-refractivity contribution in [3.8, 4) is 5.88 Å². The molecular formula is C14H21FN2O2. The summed E-state index contributed by atoms with van der Waals surface area (Å²) < 4.78 is 19.1. The summed E-state index contributed by atoms with van der Waals surface area (Å²) >= 11 is 0. The standard InChI is InChI=1S/C14H21FN2O2/c1-4-19-14-12(15)11(5-6-17-14)13(18)10(8-16)7-9(2)3/h5-6,9-10H,4,7-8,16H2,1-3H3. The smallest absolute Gasteiger partial charge is 0.251 e. The molecule has 1 aromatic rings. The molecule has 0 spiro atoms. The topological polar surface area (TPSA) is 65.2 Å². The van der Waals surface area contributed by atoms with E-state index in [1.807, 2.05) is 13.8 Å². The summed E-state index contributed by atoms with van der Waals surface area (Å²) in [5.74, 6) is -1.15. The van der Waals surface area contributed by atoms with Crippen LogP contribution in [0.15, 0.2) is 12.3 Å². The summed E-state index contributed by atoms with van der Waals surface area (Å²) in [5, 5.41) is 0. The highest BCUT2D eigenvalue weighted by molar-refractivity contribution is 5.98. The molecule has 0 bridgehead atoms. The van der Waals surface area contributed by atoms with Gasteiger partial charge in [0.05, 0.1) is 12.2 Å². The molecule has 1 rings (SSSR count). The second kappa shape index (κ2) is 7.19. The number of hydrogen-bond donors (Lipinski definition) is 1. The number of rotatable bonds is 7. The number of pyridine rings is 1. The van der Waals surface area contributed by atoms with Crippen LogP contribution in [-0.4, -0.2) is 23.9 Å². The molecule has 1 heterocycles. The molecular weight excluding hydrogens is 247 g/mol. The van der Waals surface area contributed by atoms with Crippen molar-refractivity contribution in [1.29, 1.82) is 0 Å². The number of nitrogens with zero attached hydrogens (tertiary/aromatic N) is 1. The number of aromatic nitrogens is 1. The van der Waals surface area contributed by atoms with Crippen LogP contribution in [0.25, 0.3) is 0 Å². The quantitative estimate of drug-likeness (QED) is 0.771. The van der Waals surface area contributed by atoms with E-state index in [1.54, 1.807) is 6.92 Å². The molecule has 0 fully saturated rings. The van der Waals surface area contributed by atoms with Crippen LogP contribution in [0.2, 0.25) is 0 Å². The predicted molar refractivity (Wildman–Crippen MR) is 71.7 cm³/mol. The van der Waals surface area contributed by atoms with Gasteiger partial charge in [-0.1, -0.05) is 13.8 Å². The van der Waals surface area contributed by atoms with Gasteiger partial charge in [0.2, 0.25) is 0 Å². The molecule has 4 nitrogen and oxygen atoms in total. The highest BCUT2D eigenvalue weighted by atomic mass is 19.1. The minimum absolute atomic E-state index is 0.00884. The summed E-state index contributed by atoms with van der Waals surface area (Å²) in [7, 11) is 0. The zero-order valence-corrected chi connectivity index (χ0v) is 11.6. The lowest BCUT2D eigenvalue weighted by molar-refractivity contribution is 0.0903. The van der Waals surface area contributed by atoms with E-state index < -0.39 is 5.82 Å². The number of ether oxygens (including phenoxy) is 1. The molecule has 1 atom stereocenters. The molecule has 0 saturated carbocycles. The summed E-state index contributed by atoms with van der Waals surface area (Å²) in [6, 6.07) is 1.38. The van der Waals surface area contributed by atoms with Crippen molar-refractivity contribution in [1.82, 2.24) is 4.98 Å². The van der Waals surface area contributed by atoms with E-state index in [4.69, 9.17) is 10.5 Å². The first kappa shape index (κ1) is 15.6. The zero-order valence-electron chi connectivity index (χ0n) is 11.6. The van der Waals surface area contributed by atoms with E-state index in [0.29, 0.717) is 18.9 Å². The highest BCUT2D eigenvalue weighted by Gasteiger charge is 2.24. The third kappa shape index (κ3) is 3.99. The van der Waals surface area contributed by atoms with Gasteiger partial charge in [-0.15, -0.1) is 0 Å². The Bertz CT molecular complexity index is 435. The first-order valence-corrected chi connectivity index (χ1v) is 6.52. The molecule has 0 saturated heterocycles. The number of carbonyl (C=O) groups is 1. The second-order valence-corrected chi connectivity index (χ2v) is 4.84. The van der Waals surface area contributed by atoms with Gasteiger partial charge in [0.1, 0.15) is 0 Å². The van der Waals surface area contributed by atoms with Gasteiger partial charge < -0.3 is 10.5 Å². The number of ketones is 1. The van der Waals surface area contributed by atoms with Crippen molar-refractivity contribution in [2.75, 3.05) is 13.2 Å². The number of hydrogen-bond acceptors (Lipinski definition) is 4. The van der Waals surface area contributed by atoms with Crippen LogP contribution < -0.4 is 10.5 Å². The Morgan fingerprint density at radius 1 is 1.53 bits per heavy atom. The molecule has 19 heavy (non-hydrogen) atoms. The summed E-state index contributed by atoms with van der Waals surface area (Å²) in [4.78, 5) is 16.1. The second-order valence-electron chi connectivity index (χ2n) is 4.84. The Morgan fingerprint density at radius 3 is 2.74 bits per heavy atom. The van der Waals surface area contributed by atoms with Crippen molar-refractivity contribution in [2.24, 2.45) is 17.6 Å². The van der Waals surface area contributed by atoms with Gasteiger partial charge in [-0.2, -0.15) is 0 Å². The van der Waals surface area contributed by atoms with Crippen molar-refractivity contribution in [2.45, 2.75) is 27.2 Å². The van der Waals surface area contributed by atoms with Crippen molar-refractivity contribution in [3.63, 3.8) is 0 Å². The Balaban J connectivity index is 3.01. The molecule has 2 N–H and O–H groups in total. The summed E-state index contributed by atoms with van der Waals surface area (Å²) in [6.45, 7) is 6.25. The molecule has 0 aromatic carbocycles. The maximum absolute atomic E-state index is 14.1. The largest absolute Gasteiger partial charge is 0.476 e. The van der Waals surface area contributed by atoms with Gasteiger partial charge in [0.15, 0.2) is 11.6 Å². The van der Waals surface area contributed by atoms with Crippen molar-refractivity contribution >= 4 is 5.78 Å². The van der Waals surface area contributed by atoms with E-state index >= 15 is 0 Å². The fraction of sp³-hybridized carbons (Fsp3) is 0.571. The van der Waals surface area contributed by atoms with E-state index in [2.05, 4.69) is 4.98 Å². The SMILES string of the molecule is CCOc1nccc(C(=O)C(CN)CC(C)C)c1F. The van der Waals surface area contributed by atoms with Gasteiger partial charge in [-0.3, -0.25) is 4.79 Å². The zero-order chi connectivity index (χ0) is 14.4. The van der Waals surface area contributed by atoms with Gasteiger partial charge in [0, 0.05) is 18.7 Å². The van der Waals surface area contributed by atoms with Crippen molar-refractivity contribution in [3.05, 3.63) is 23.6 Å². The van der Waals surface area contributed by atoms with Crippen LogP contribution in [0.3, 0.4) is 0 Å². The minimum atomic E-state index is -0.698. The van der Waals surface area contributed by atoms with Crippen LogP contribution in [0.5, 0.6) is 5.88 Å².